The third-order valence-electron chi connectivity index (χ3n) is 2.51. The van der Waals surface area contributed by atoms with E-state index in [1.807, 2.05) is 0 Å². The molecule has 0 aliphatic rings. The first-order chi connectivity index (χ1) is 9.20. The molecule has 1 unspecified atom stereocenters. The van der Waals surface area contributed by atoms with Gasteiger partial charge in [0, 0.05) is 13.2 Å². The van der Waals surface area contributed by atoms with Crippen molar-refractivity contribution in [2.45, 2.75) is 10.9 Å². The molecule has 10 heteroatoms. The van der Waals surface area contributed by atoms with Crippen molar-refractivity contribution in [3.63, 3.8) is 0 Å². The lowest BCUT2D eigenvalue weighted by atomic mass is 10.3. The maximum Gasteiger partial charge on any atom is 0.330 e. The van der Waals surface area contributed by atoms with E-state index in [1.54, 1.807) is 0 Å². The van der Waals surface area contributed by atoms with Crippen molar-refractivity contribution in [3.05, 3.63) is 18.0 Å². The van der Waals surface area contributed by atoms with Crippen LogP contribution in [0.1, 0.15) is 10.5 Å². The highest BCUT2D eigenvalue weighted by Crippen LogP contribution is 2.11. The lowest BCUT2D eigenvalue weighted by Crippen LogP contribution is -2.44. The van der Waals surface area contributed by atoms with E-state index in [1.165, 1.54) is 11.6 Å². The van der Waals surface area contributed by atoms with Crippen LogP contribution in [0.15, 0.2) is 17.2 Å². The van der Waals surface area contributed by atoms with Gasteiger partial charge >= 0.3 is 5.97 Å². The molecular formula is C10H15N3O6S. The molecule has 1 rings (SSSR count). The number of amides is 1. The van der Waals surface area contributed by atoms with Crippen LogP contribution < -0.4 is 10.5 Å². The van der Waals surface area contributed by atoms with E-state index >= 15 is 0 Å². The summed E-state index contributed by atoms with van der Waals surface area (Å²) in [6.45, 7) is -0.648. The number of ether oxygens (including phenoxy) is 1. The van der Waals surface area contributed by atoms with Crippen molar-refractivity contribution < 1.29 is 27.9 Å². The van der Waals surface area contributed by atoms with Gasteiger partial charge in [0.1, 0.15) is 10.6 Å². The number of sulfonamides is 1. The molecule has 112 valence electrons. The number of aromatic nitrogens is 1. The molecule has 1 atom stereocenters. The van der Waals surface area contributed by atoms with E-state index in [0.717, 1.165) is 19.4 Å². The van der Waals surface area contributed by atoms with Crippen LogP contribution in [-0.4, -0.2) is 49.7 Å². The van der Waals surface area contributed by atoms with Crippen molar-refractivity contribution in [2.24, 2.45) is 12.2 Å². The number of aryl methyl sites for hydroxylation is 1. The van der Waals surface area contributed by atoms with Gasteiger partial charge in [-0.2, -0.15) is 0 Å². The van der Waals surface area contributed by atoms with E-state index in [-0.39, 0.29) is 10.6 Å². The maximum absolute atomic E-state index is 11.9. The van der Waals surface area contributed by atoms with Crippen molar-refractivity contribution in [1.82, 2.24) is 9.88 Å². The fourth-order valence-electron chi connectivity index (χ4n) is 1.47. The molecule has 0 spiro atoms. The van der Waals surface area contributed by atoms with E-state index in [0.29, 0.717) is 0 Å². The molecule has 0 radical (unpaired) electrons. The molecule has 20 heavy (non-hydrogen) atoms. The third-order valence-corrected chi connectivity index (χ3v) is 3.39. The summed E-state index contributed by atoms with van der Waals surface area (Å²) in [5.41, 5.74) is -0.0311. The Kier molecular flexibility index (Phi) is 4.87. The van der Waals surface area contributed by atoms with Gasteiger partial charge in [-0.25, -0.2) is 18.4 Å². The Balaban J connectivity index is 2.99. The highest BCUT2D eigenvalue weighted by atomic mass is 32.2. The summed E-state index contributed by atoms with van der Waals surface area (Å²) in [7, 11) is -1.38. The molecule has 1 amide bonds. The Hall–Kier alpha value is -1.91. The molecular weight excluding hydrogens is 290 g/mol. The third kappa shape index (κ3) is 3.56. The number of methoxy groups -OCH3 is 1. The average molecular weight is 305 g/mol. The number of rotatable bonds is 5. The molecule has 1 heterocycles. The van der Waals surface area contributed by atoms with Gasteiger partial charge in [-0.1, -0.05) is 0 Å². The number of hydrogen-bond donors (Lipinski definition) is 3. The Morgan fingerprint density at radius 3 is 2.55 bits per heavy atom. The predicted molar refractivity (Wildman–Crippen MR) is 67.1 cm³/mol. The zero-order valence-corrected chi connectivity index (χ0v) is 11.7. The van der Waals surface area contributed by atoms with Gasteiger partial charge in [0.2, 0.25) is 10.0 Å². The summed E-state index contributed by atoms with van der Waals surface area (Å²) in [5, 5.41) is 16.2. The minimum absolute atomic E-state index is 0.0311. The molecule has 0 aromatic carbocycles. The number of nitrogens with two attached hydrogens (primary N) is 1. The molecule has 0 saturated heterocycles. The lowest BCUT2D eigenvalue weighted by Gasteiger charge is -2.13. The van der Waals surface area contributed by atoms with Crippen LogP contribution in [0.3, 0.4) is 0 Å². The van der Waals surface area contributed by atoms with Crippen molar-refractivity contribution in [2.75, 3.05) is 13.7 Å². The average Bonchev–Trinajstić information content (AvgIpc) is 2.76. The second-order valence-electron chi connectivity index (χ2n) is 3.95. The van der Waals surface area contributed by atoms with Gasteiger partial charge in [-0.05, 0) is 6.07 Å². The number of carbonyl (C=O) groups excluding carboxylic acids is 2. The summed E-state index contributed by atoms with van der Waals surface area (Å²) in [5.74, 6) is -1.56. The molecule has 4 N–H and O–H groups in total. The summed E-state index contributed by atoms with van der Waals surface area (Å²) in [6.07, 6.45) is 1.16. The van der Waals surface area contributed by atoms with Crippen LogP contribution in [0.25, 0.3) is 0 Å². The van der Waals surface area contributed by atoms with Crippen LogP contribution >= 0.6 is 0 Å². The second-order valence-corrected chi connectivity index (χ2v) is 5.51. The van der Waals surface area contributed by atoms with Crippen LogP contribution in [0, 0.1) is 0 Å². The molecule has 0 fully saturated rings. The first kappa shape index (κ1) is 16.1. The Bertz CT molecular complexity index is 621. The van der Waals surface area contributed by atoms with Gasteiger partial charge in [0.25, 0.3) is 5.91 Å². The number of primary sulfonamides is 1. The molecule has 0 saturated carbocycles. The Labute approximate surface area is 115 Å². The molecule has 9 nitrogen and oxygen atoms in total. The molecule has 1 aromatic rings. The lowest BCUT2D eigenvalue weighted by molar-refractivity contribution is -0.143. The monoisotopic (exact) mass is 305 g/mol. The standard InChI is InChI=1S/C10H15N3O6S/c1-13-4-6(20(11,17)18)3-8(13)9(15)12-7(5-14)10(16)19-2/h3-4,7,14H,5H2,1-2H3,(H,12,15)(H2,11,17,18). The second kappa shape index (κ2) is 6.03. The van der Waals surface area contributed by atoms with Crippen LogP contribution in [-0.2, 0) is 26.6 Å². The number of nitrogens with zero attached hydrogens (tertiary/aromatic N) is 1. The molecule has 0 bridgehead atoms. The normalized spacial score (nSPS) is 12.8. The number of nitrogens with one attached hydrogen (secondary N) is 1. The molecule has 1 aromatic heterocycles. The van der Waals surface area contributed by atoms with E-state index in [9.17, 15) is 18.0 Å². The quantitative estimate of drug-likeness (QED) is 0.534. The van der Waals surface area contributed by atoms with E-state index < -0.39 is 34.5 Å². The van der Waals surface area contributed by atoms with Crippen molar-refractivity contribution in [1.29, 1.82) is 0 Å². The Morgan fingerprint density at radius 2 is 2.15 bits per heavy atom. The number of esters is 1. The molecule has 0 aliphatic carbocycles. The fraction of sp³-hybridized carbons (Fsp3) is 0.400. The minimum atomic E-state index is -3.93. The van der Waals surface area contributed by atoms with Crippen LogP contribution in [0.2, 0.25) is 0 Å². The first-order valence-electron chi connectivity index (χ1n) is 5.39. The van der Waals surface area contributed by atoms with Crippen LogP contribution in [0.4, 0.5) is 0 Å². The SMILES string of the molecule is COC(=O)C(CO)NC(=O)c1cc(S(N)(=O)=O)cn1C. The van der Waals surface area contributed by atoms with Gasteiger partial charge in [0.15, 0.2) is 6.04 Å². The summed E-state index contributed by atoms with van der Waals surface area (Å²) in [6, 6.07) is -0.170. The fourth-order valence-corrected chi connectivity index (χ4v) is 2.05. The summed E-state index contributed by atoms with van der Waals surface area (Å²) in [4.78, 5) is 22.9. The topological polar surface area (TPSA) is 141 Å². The number of aliphatic hydroxyl groups excluding tert-OH is 1. The Morgan fingerprint density at radius 1 is 1.55 bits per heavy atom. The van der Waals surface area contributed by atoms with Gasteiger partial charge in [-0.15, -0.1) is 0 Å². The highest BCUT2D eigenvalue weighted by Gasteiger charge is 2.24. The highest BCUT2D eigenvalue weighted by molar-refractivity contribution is 7.89. The summed E-state index contributed by atoms with van der Waals surface area (Å²) >= 11 is 0. The zero-order valence-electron chi connectivity index (χ0n) is 10.9. The van der Waals surface area contributed by atoms with Crippen molar-refractivity contribution in [3.8, 4) is 0 Å². The summed E-state index contributed by atoms with van der Waals surface area (Å²) < 4.78 is 28.0. The van der Waals surface area contributed by atoms with E-state index in [2.05, 4.69) is 10.1 Å². The van der Waals surface area contributed by atoms with Gasteiger partial charge in [-0.3, -0.25) is 4.79 Å². The van der Waals surface area contributed by atoms with Gasteiger partial charge in [0.05, 0.1) is 13.7 Å². The molecule has 0 aliphatic heterocycles. The predicted octanol–water partition coefficient (Wildman–Crippen LogP) is -2.06. The van der Waals surface area contributed by atoms with Gasteiger partial charge < -0.3 is 19.7 Å². The number of carbonyl (C=O) groups is 2. The number of aliphatic hydroxyl groups is 1. The van der Waals surface area contributed by atoms with E-state index in [4.69, 9.17) is 10.2 Å². The first-order valence-corrected chi connectivity index (χ1v) is 6.94. The smallest absolute Gasteiger partial charge is 0.330 e. The van der Waals surface area contributed by atoms with Crippen LogP contribution in [0.5, 0.6) is 0 Å². The largest absolute Gasteiger partial charge is 0.467 e. The minimum Gasteiger partial charge on any atom is -0.467 e. The number of hydrogen-bond acceptors (Lipinski definition) is 6. The maximum atomic E-state index is 11.9. The zero-order chi connectivity index (χ0) is 15.5. The van der Waals surface area contributed by atoms with Crippen molar-refractivity contribution >= 4 is 21.9 Å².